The molecule has 0 heterocycles. The Morgan fingerprint density at radius 1 is 0.903 bits per heavy atom. The Balaban J connectivity index is 1.90. The van der Waals surface area contributed by atoms with E-state index in [0.717, 1.165) is 35.1 Å². The first kappa shape index (κ1) is 23.7. The molecule has 3 rings (SSSR count). The van der Waals surface area contributed by atoms with Crippen LogP contribution in [0.3, 0.4) is 0 Å². The third-order valence-corrected chi connectivity index (χ3v) is 8.04. The van der Waals surface area contributed by atoms with Gasteiger partial charge in [0.05, 0.1) is 19.4 Å². The van der Waals surface area contributed by atoms with Crippen LogP contribution >= 0.6 is 7.60 Å². The maximum atomic E-state index is 13.6. The van der Waals surface area contributed by atoms with Gasteiger partial charge in [0.1, 0.15) is 5.41 Å². The van der Waals surface area contributed by atoms with Gasteiger partial charge in [0.25, 0.3) is 0 Å². The van der Waals surface area contributed by atoms with E-state index < -0.39 is 13.0 Å². The number of rotatable bonds is 12. The lowest BCUT2D eigenvalue weighted by Gasteiger charge is -2.31. The van der Waals surface area contributed by atoms with Gasteiger partial charge in [-0.05, 0) is 55.4 Å². The standard InChI is InChI=1S/C25H34NO4P/c1-4-18-26-24(27)25(17-11-12-19-31(28,29-5-2)30-6-3)22-15-9-7-13-20(22)21-14-8-10-16-23(21)25/h7-10,13-16H,4-6,11-12,17-19H2,1-3H3,(H,26,27). The van der Waals surface area contributed by atoms with Crippen molar-refractivity contribution >= 4 is 13.5 Å². The molecular weight excluding hydrogens is 409 g/mol. The zero-order valence-corrected chi connectivity index (χ0v) is 19.8. The smallest absolute Gasteiger partial charge is 0.330 e. The molecule has 2 aromatic rings. The summed E-state index contributed by atoms with van der Waals surface area (Å²) in [6, 6.07) is 16.4. The van der Waals surface area contributed by atoms with Gasteiger partial charge in [-0.15, -0.1) is 0 Å². The molecular formula is C25H34NO4P. The van der Waals surface area contributed by atoms with E-state index in [9.17, 15) is 9.36 Å². The maximum Gasteiger partial charge on any atom is 0.330 e. The summed E-state index contributed by atoms with van der Waals surface area (Å²) in [5, 5.41) is 3.15. The highest BCUT2D eigenvalue weighted by atomic mass is 31.2. The summed E-state index contributed by atoms with van der Waals surface area (Å²) in [6.45, 7) is 7.08. The molecule has 1 N–H and O–H groups in total. The van der Waals surface area contributed by atoms with Crippen molar-refractivity contribution in [3.05, 3.63) is 59.7 Å². The highest BCUT2D eigenvalue weighted by Gasteiger charge is 2.48. The van der Waals surface area contributed by atoms with Crippen LogP contribution in [-0.2, 0) is 23.8 Å². The van der Waals surface area contributed by atoms with Crippen molar-refractivity contribution in [1.29, 1.82) is 0 Å². The van der Waals surface area contributed by atoms with Gasteiger partial charge in [0.2, 0.25) is 5.91 Å². The number of hydrogen-bond acceptors (Lipinski definition) is 4. The van der Waals surface area contributed by atoms with Gasteiger partial charge < -0.3 is 14.4 Å². The van der Waals surface area contributed by atoms with E-state index in [1.165, 1.54) is 0 Å². The Morgan fingerprint density at radius 3 is 1.97 bits per heavy atom. The molecule has 1 aliphatic rings. The number of nitrogens with one attached hydrogen (secondary N) is 1. The SMILES string of the molecule is CCCNC(=O)C1(CCCCP(=O)(OCC)OCC)c2ccccc2-c2ccccc21. The van der Waals surface area contributed by atoms with Crippen LogP contribution in [0.15, 0.2) is 48.5 Å². The Hall–Kier alpha value is -1.94. The molecule has 0 atom stereocenters. The summed E-state index contributed by atoms with van der Waals surface area (Å²) in [7, 11) is -3.08. The second-order valence-electron chi connectivity index (χ2n) is 7.88. The second-order valence-corrected chi connectivity index (χ2v) is 10.1. The van der Waals surface area contributed by atoms with E-state index in [4.69, 9.17) is 9.05 Å². The van der Waals surface area contributed by atoms with Gasteiger partial charge in [-0.1, -0.05) is 61.9 Å². The molecule has 1 aliphatic carbocycles. The van der Waals surface area contributed by atoms with Crippen LogP contribution in [-0.4, -0.2) is 31.8 Å². The molecule has 0 unspecified atom stereocenters. The number of fused-ring (bicyclic) bond motifs is 3. The summed E-state index contributed by atoms with van der Waals surface area (Å²) in [4.78, 5) is 13.6. The minimum atomic E-state index is -3.08. The van der Waals surface area contributed by atoms with Gasteiger partial charge >= 0.3 is 7.60 Å². The van der Waals surface area contributed by atoms with Crippen LogP contribution in [0.1, 0.15) is 57.6 Å². The van der Waals surface area contributed by atoms with Crippen LogP contribution in [0.2, 0.25) is 0 Å². The zero-order chi connectivity index (χ0) is 22.3. The molecule has 0 radical (unpaired) electrons. The molecule has 1 amide bonds. The van der Waals surface area contributed by atoms with E-state index in [2.05, 4.69) is 36.5 Å². The maximum absolute atomic E-state index is 13.6. The van der Waals surface area contributed by atoms with Crippen molar-refractivity contribution in [2.75, 3.05) is 25.9 Å². The van der Waals surface area contributed by atoms with Crippen LogP contribution in [0.4, 0.5) is 0 Å². The Labute approximate surface area is 186 Å². The normalized spacial score (nSPS) is 14.2. The molecule has 5 nitrogen and oxygen atoms in total. The molecule has 0 bridgehead atoms. The molecule has 0 saturated carbocycles. The van der Waals surface area contributed by atoms with Crippen molar-refractivity contribution in [2.45, 2.75) is 51.9 Å². The third kappa shape index (κ3) is 4.79. The molecule has 0 saturated heterocycles. The van der Waals surface area contributed by atoms with E-state index in [1.54, 1.807) is 0 Å². The van der Waals surface area contributed by atoms with E-state index in [1.807, 2.05) is 38.1 Å². The van der Waals surface area contributed by atoms with Crippen molar-refractivity contribution in [3.63, 3.8) is 0 Å². The minimum absolute atomic E-state index is 0.0459. The van der Waals surface area contributed by atoms with Crippen LogP contribution in [0.5, 0.6) is 0 Å². The molecule has 2 aromatic carbocycles. The number of unbranched alkanes of at least 4 members (excludes halogenated alkanes) is 1. The van der Waals surface area contributed by atoms with Crippen molar-refractivity contribution in [2.24, 2.45) is 0 Å². The van der Waals surface area contributed by atoms with Gasteiger partial charge in [0, 0.05) is 6.54 Å². The quantitative estimate of drug-likeness (QED) is 0.327. The zero-order valence-electron chi connectivity index (χ0n) is 18.9. The lowest BCUT2D eigenvalue weighted by molar-refractivity contribution is -0.125. The minimum Gasteiger partial charge on any atom is -0.355 e. The van der Waals surface area contributed by atoms with Crippen molar-refractivity contribution < 1.29 is 18.4 Å². The molecule has 168 valence electrons. The fourth-order valence-electron chi connectivity index (χ4n) is 4.60. The molecule has 0 spiro atoms. The summed E-state index contributed by atoms with van der Waals surface area (Å²) in [5.74, 6) is 0.0459. The lowest BCUT2D eigenvalue weighted by Crippen LogP contribution is -2.44. The lowest BCUT2D eigenvalue weighted by atomic mass is 9.73. The molecule has 31 heavy (non-hydrogen) atoms. The summed E-state index contributed by atoms with van der Waals surface area (Å²) in [5.41, 5.74) is 3.63. The average molecular weight is 444 g/mol. The second kappa shape index (κ2) is 10.6. The summed E-state index contributed by atoms with van der Waals surface area (Å²) in [6.07, 6.45) is 3.31. The largest absolute Gasteiger partial charge is 0.355 e. The number of carbonyl (C=O) groups is 1. The van der Waals surface area contributed by atoms with E-state index >= 15 is 0 Å². The van der Waals surface area contributed by atoms with E-state index in [-0.39, 0.29) is 5.91 Å². The highest BCUT2D eigenvalue weighted by molar-refractivity contribution is 7.53. The van der Waals surface area contributed by atoms with Gasteiger partial charge in [-0.2, -0.15) is 0 Å². The topological polar surface area (TPSA) is 64.6 Å². The number of carbonyl (C=O) groups excluding carboxylic acids is 1. The predicted molar refractivity (Wildman–Crippen MR) is 126 cm³/mol. The van der Waals surface area contributed by atoms with Gasteiger partial charge in [-0.3, -0.25) is 9.36 Å². The van der Waals surface area contributed by atoms with E-state index in [0.29, 0.717) is 38.8 Å². The van der Waals surface area contributed by atoms with Crippen LogP contribution < -0.4 is 5.32 Å². The fraction of sp³-hybridized carbons (Fsp3) is 0.480. The first-order valence-electron chi connectivity index (χ1n) is 11.4. The van der Waals surface area contributed by atoms with Crippen molar-refractivity contribution in [3.8, 4) is 11.1 Å². The van der Waals surface area contributed by atoms with Gasteiger partial charge in [0.15, 0.2) is 0 Å². The number of amides is 1. The van der Waals surface area contributed by atoms with Crippen LogP contribution in [0, 0.1) is 0 Å². The monoisotopic (exact) mass is 443 g/mol. The summed E-state index contributed by atoms with van der Waals surface area (Å²) >= 11 is 0. The van der Waals surface area contributed by atoms with Crippen LogP contribution in [0.25, 0.3) is 11.1 Å². The third-order valence-electron chi connectivity index (χ3n) is 5.87. The first-order valence-corrected chi connectivity index (χ1v) is 13.1. The molecule has 6 heteroatoms. The number of hydrogen-bond donors (Lipinski definition) is 1. The first-order chi connectivity index (χ1) is 15.0. The Morgan fingerprint density at radius 2 is 1.45 bits per heavy atom. The van der Waals surface area contributed by atoms with Gasteiger partial charge in [-0.25, -0.2) is 0 Å². The molecule has 0 aliphatic heterocycles. The average Bonchev–Trinajstić information content (AvgIpc) is 3.07. The Kier molecular flexibility index (Phi) is 8.10. The summed E-state index contributed by atoms with van der Waals surface area (Å²) < 4.78 is 23.7. The molecule has 0 aromatic heterocycles. The Bertz CT molecular complexity index is 887. The highest BCUT2D eigenvalue weighted by Crippen LogP contribution is 2.53. The van der Waals surface area contributed by atoms with Crippen molar-refractivity contribution in [1.82, 2.24) is 5.32 Å². The predicted octanol–water partition coefficient (Wildman–Crippen LogP) is 5.92. The molecule has 0 fully saturated rings. The number of benzene rings is 2. The fourth-order valence-corrected chi connectivity index (χ4v) is 6.33.